The summed E-state index contributed by atoms with van der Waals surface area (Å²) in [5.41, 5.74) is 1.79. The Balaban J connectivity index is 1.97. The first-order valence-electron chi connectivity index (χ1n) is 8.69. The van der Waals surface area contributed by atoms with Crippen molar-refractivity contribution in [3.05, 3.63) is 51.5 Å². The summed E-state index contributed by atoms with van der Waals surface area (Å²) in [5, 5.41) is 3.46. The molecule has 0 aliphatic heterocycles. The van der Waals surface area contributed by atoms with Gasteiger partial charge in [0.1, 0.15) is 5.75 Å². The molecule has 1 N–H and O–H groups in total. The molecule has 0 saturated heterocycles. The van der Waals surface area contributed by atoms with E-state index in [1.54, 1.807) is 31.2 Å². The molecule has 0 bridgehead atoms. The van der Waals surface area contributed by atoms with Gasteiger partial charge in [-0.15, -0.1) is 0 Å². The van der Waals surface area contributed by atoms with Gasteiger partial charge in [0.25, 0.3) is 5.91 Å². The van der Waals surface area contributed by atoms with Gasteiger partial charge < -0.3 is 24.3 Å². The number of halogens is 2. The van der Waals surface area contributed by atoms with Crippen molar-refractivity contribution in [3.63, 3.8) is 0 Å². The molecule has 0 atom stereocenters. The van der Waals surface area contributed by atoms with Crippen LogP contribution in [0, 0.1) is 6.92 Å². The summed E-state index contributed by atoms with van der Waals surface area (Å²) in [4.78, 5) is 24.0. The number of rotatable bonds is 8. The first-order chi connectivity index (χ1) is 14.3. The van der Waals surface area contributed by atoms with Crippen LogP contribution in [-0.2, 0) is 14.3 Å². The zero-order chi connectivity index (χ0) is 22.3. The van der Waals surface area contributed by atoms with Crippen molar-refractivity contribution in [2.75, 3.05) is 33.3 Å². The van der Waals surface area contributed by atoms with Crippen LogP contribution in [0.15, 0.2) is 30.3 Å². The fourth-order valence-corrected chi connectivity index (χ4v) is 2.95. The van der Waals surface area contributed by atoms with Crippen LogP contribution in [0.4, 0.5) is 5.69 Å². The maximum Gasteiger partial charge on any atom is 0.331 e. The van der Waals surface area contributed by atoms with Crippen LogP contribution in [0.2, 0.25) is 10.0 Å². The first kappa shape index (κ1) is 23.4. The van der Waals surface area contributed by atoms with E-state index in [1.807, 2.05) is 0 Å². The molecule has 1 amide bonds. The molecule has 2 aromatic rings. The highest BCUT2D eigenvalue weighted by atomic mass is 35.5. The van der Waals surface area contributed by atoms with Crippen LogP contribution < -0.4 is 19.5 Å². The average Bonchev–Trinajstić information content (AvgIpc) is 2.72. The second kappa shape index (κ2) is 10.8. The van der Waals surface area contributed by atoms with E-state index in [2.05, 4.69) is 5.32 Å². The second-order valence-electron chi connectivity index (χ2n) is 6.03. The van der Waals surface area contributed by atoms with E-state index in [0.717, 1.165) is 5.56 Å². The predicted molar refractivity (Wildman–Crippen MR) is 116 cm³/mol. The van der Waals surface area contributed by atoms with Crippen LogP contribution in [-0.4, -0.2) is 39.8 Å². The van der Waals surface area contributed by atoms with E-state index in [1.165, 1.54) is 33.5 Å². The molecule has 0 fully saturated rings. The Kier molecular flexibility index (Phi) is 8.38. The number of hydrogen-bond donors (Lipinski definition) is 1. The molecule has 0 saturated carbocycles. The Morgan fingerprint density at radius 3 is 2.30 bits per heavy atom. The summed E-state index contributed by atoms with van der Waals surface area (Å²) in [6, 6.07) is 6.52. The molecule has 7 nitrogen and oxygen atoms in total. The van der Waals surface area contributed by atoms with E-state index >= 15 is 0 Å². The molecular formula is C21H21Cl2NO6. The SMILES string of the molecule is COc1cc(Cl)c(C)cc1NC(=O)COC(=O)/C=C/c1cc(Cl)c(OC)c(OC)c1. The molecule has 0 radical (unpaired) electrons. The fraction of sp³-hybridized carbons (Fsp3) is 0.238. The van der Waals surface area contributed by atoms with E-state index in [4.69, 9.17) is 42.1 Å². The number of hydrogen-bond acceptors (Lipinski definition) is 6. The van der Waals surface area contributed by atoms with Gasteiger partial charge in [-0.2, -0.15) is 0 Å². The minimum absolute atomic E-state index is 0.330. The highest BCUT2D eigenvalue weighted by Crippen LogP contribution is 2.36. The Labute approximate surface area is 184 Å². The molecule has 0 spiro atoms. The number of anilines is 1. The van der Waals surface area contributed by atoms with Gasteiger partial charge in [-0.25, -0.2) is 4.79 Å². The van der Waals surface area contributed by atoms with Gasteiger partial charge in [0.05, 0.1) is 32.0 Å². The quantitative estimate of drug-likeness (QED) is 0.467. The van der Waals surface area contributed by atoms with Crippen LogP contribution in [0.5, 0.6) is 17.2 Å². The maximum absolute atomic E-state index is 12.1. The van der Waals surface area contributed by atoms with Gasteiger partial charge in [-0.3, -0.25) is 4.79 Å². The topological polar surface area (TPSA) is 83.1 Å². The van der Waals surface area contributed by atoms with Crippen molar-refractivity contribution in [2.24, 2.45) is 0 Å². The number of ether oxygens (including phenoxy) is 4. The summed E-state index contributed by atoms with van der Waals surface area (Å²) < 4.78 is 20.5. The normalized spacial score (nSPS) is 10.6. The minimum atomic E-state index is -0.699. The van der Waals surface area contributed by atoms with Crippen LogP contribution in [0.3, 0.4) is 0 Å². The van der Waals surface area contributed by atoms with Crippen molar-refractivity contribution >= 4 is 46.8 Å². The standard InChI is InChI=1S/C21H21Cl2NO6/c1-12-7-16(17(27-2)10-14(12)22)24-19(25)11-30-20(26)6-5-13-8-15(23)21(29-4)18(9-13)28-3/h5-10H,11H2,1-4H3,(H,24,25)/b6-5+. The lowest BCUT2D eigenvalue weighted by atomic mass is 10.2. The summed E-state index contributed by atoms with van der Waals surface area (Å²) in [7, 11) is 4.41. The summed E-state index contributed by atoms with van der Waals surface area (Å²) >= 11 is 12.2. The smallest absolute Gasteiger partial charge is 0.331 e. The van der Waals surface area contributed by atoms with Crippen molar-refractivity contribution in [1.29, 1.82) is 0 Å². The van der Waals surface area contributed by atoms with Crippen LogP contribution >= 0.6 is 23.2 Å². The summed E-state index contributed by atoms with van der Waals surface area (Å²) in [6.07, 6.45) is 2.66. The molecule has 0 aliphatic rings. The van der Waals surface area contributed by atoms with Crippen molar-refractivity contribution in [1.82, 2.24) is 0 Å². The third-order valence-electron chi connectivity index (χ3n) is 3.97. The van der Waals surface area contributed by atoms with Crippen molar-refractivity contribution in [3.8, 4) is 17.2 Å². The lowest BCUT2D eigenvalue weighted by molar-refractivity contribution is -0.142. The Morgan fingerprint density at radius 1 is 0.967 bits per heavy atom. The van der Waals surface area contributed by atoms with Gasteiger partial charge in [-0.1, -0.05) is 23.2 Å². The average molecular weight is 454 g/mol. The Hall–Kier alpha value is -2.90. The molecule has 0 unspecified atom stereocenters. The third kappa shape index (κ3) is 6.05. The van der Waals surface area contributed by atoms with Crippen molar-refractivity contribution in [2.45, 2.75) is 6.92 Å². The maximum atomic E-state index is 12.1. The first-order valence-corrected chi connectivity index (χ1v) is 9.45. The lowest BCUT2D eigenvalue weighted by Gasteiger charge is -2.12. The number of carbonyl (C=O) groups excluding carboxylic acids is 2. The Morgan fingerprint density at radius 2 is 1.67 bits per heavy atom. The van der Waals surface area contributed by atoms with Gasteiger partial charge in [0.15, 0.2) is 18.1 Å². The third-order valence-corrected chi connectivity index (χ3v) is 4.66. The van der Waals surface area contributed by atoms with Gasteiger partial charge in [0, 0.05) is 17.2 Å². The molecular weight excluding hydrogens is 433 g/mol. The molecule has 2 aromatic carbocycles. The van der Waals surface area contributed by atoms with Crippen LogP contribution in [0.25, 0.3) is 6.08 Å². The molecule has 2 rings (SSSR count). The van der Waals surface area contributed by atoms with Crippen molar-refractivity contribution < 1.29 is 28.5 Å². The van der Waals surface area contributed by atoms with Crippen LogP contribution in [0.1, 0.15) is 11.1 Å². The van der Waals surface area contributed by atoms with E-state index in [0.29, 0.717) is 38.5 Å². The number of carbonyl (C=O) groups is 2. The molecule has 0 aliphatic carbocycles. The monoisotopic (exact) mass is 453 g/mol. The molecule has 160 valence electrons. The fourth-order valence-electron chi connectivity index (χ4n) is 2.50. The number of benzene rings is 2. The minimum Gasteiger partial charge on any atom is -0.495 e. The lowest BCUT2D eigenvalue weighted by Crippen LogP contribution is -2.20. The number of aryl methyl sites for hydroxylation is 1. The molecule has 0 aromatic heterocycles. The zero-order valence-electron chi connectivity index (χ0n) is 16.9. The largest absolute Gasteiger partial charge is 0.495 e. The molecule has 30 heavy (non-hydrogen) atoms. The number of nitrogens with one attached hydrogen (secondary N) is 1. The van der Waals surface area contributed by atoms with Gasteiger partial charge in [0.2, 0.25) is 0 Å². The molecule has 0 heterocycles. The number of esters is 1. The Bertz CT molecular complexity index is 974. The van der Waals surface area contributed by atoms with E-state index in [9.17, 15) is 9.59 Å². The summed E-state index contributed by atoms with van der Waals surface area (Å²) in [5.74, 6) is -0.00947. The summed E-state index contributed by atoms with van der Waals surface area (Å²) in [6.45, 7) is 1.32. The van der Waals surface area contributed by atoms with Gasteiger partial charge in [-0.05, 0) is 42.3 Å². The van der Waals surface area contributed by atoms with Gasteiger partial charge >= 0.3 is 5.97 Å². The second-order valence-corrected chi connectivity index (χ2v) is 6.84. The highest BCUT2D eigenvalue weighted by molar-refractivity contribution is 6.32. The predicted octanol–water partition coefficient (Wildman–Crippen LogP) is 4.52. The highest BCUT2D eigenvalue weighted by Gasteiger charge is 2.12. The number of methoxy groups -OCH3 is 3. The van der Waals surface area contributed by atoms with E-state index in [-0.39, 0.29) is 0 Å². The molecule has 9 heteroatoms. The zero-order valence-corrected chi connectivity index (χ0v) is 18.4. The van der Waals surface area contributed by atoms with E-state index < -0.39 is 18.5 Å². The number of amides is 1.